The van der Waals surface area contributed by atoms with E-state index in [0.29, 0.717) is 6.61 Å². The van der Waals surface area contributed by atoms with Gasteiger partial charge in [0, 0.05) is 38.3 Å². The number of hydrogen-bond acceptors (Lipinski definition) is 4. The maximum Gasteiger partial charge on any atom is 0.124 e. The van der Waals surface area contributed by atoms with E-state index < -0.39 is 0 Å². The average Bonchev–Trinajstić information content (AvgIpc) is 2.45. The van der Waals surface area contributed by atoms with E-state index in [4.69, 9.17) is 4.74 Å². The molecule has 2 rings (SSSR count). The molecule has 0 aliphatic carbocycles. The highest BCUT2D eigenvalue weighted by atomic mass is 16.5. The number of piperazine rings is 1. The number of ether oxygens (including phenoxy) is 1. The molecule has 0 atom stereocenters. The third kappa shape index (κ3) is 4.35. The predicted molar refractivity (Wildman–Crippen MR) is 78.0 cm³/mol. The number of nitrogens with one attached hydrogen (secondary N) is 1. The maximum atomic E-state index is 5.66. The highest BCUT2D eigenvalue weighted by Crippen LogP contribution is 2.17. The average molecular weight is 261 g/mol. The van der Waals surface area contributed by atoms with Gasteiger partial charge >= 0.3 is 0 Å². The number of benzene rings is 1. The molecule has 1 fully saturated rings. The standard InChI is InChI=1S/C15H23N3O/c1-3-12-19-15-7-5-4-6-14(15)13-16-18-10-8-17(2)9-11-18/h3-7,16H,1,8-13H2,2H3. The minimum atomic E-state index is 0.547. The van der Waals surface area contributed by atoms with Crippen molar-refractivity contribution in [3.63, 3.8) is 0 Å². The monoisotopic (exact) mass is 261 g/mol. The summed E-state index contributed by atoms with van der Waals surface area (Å²) in [7, 11) is 2.16. The largest absolute Gasteiger partial charge is 0.489 e. The molecular formula is C15H23N3O. The summed E-state index contributed by atoms with van der Waals surface area (Å²) in [6.07, 6.45) is 1.77. The van der Waals surface area contributed by atoms with E-state index in [1.54, 1.807) is 6.08 Å². The lowest BCUT2D eigenvalue weighted by atomic mass is 10.2. The van der Waals surface area contributed by atoms with Crippen molar-refractivity contribution in [1.82, 2.24) is 15.3 Å². The molecule has 0 radical (unpaired) electrons. The van der Waals surface area contributed by atoms with Crippen molar-refractivity contribution in [3.05, 3.63) is 42.5 Å². The molecule has 4 nitrogen and oxygen atoms in total. The number of hydrogen-bond donors (Lipinski definition) is 1. The molecule has 0 saturated carbocycles. The van der Waals surface area contributed by atoms with Crippen LogP contribution in [0.25, 0.3) is 0 Å². The minimum Gasteiger partial charge on any atom is -0.489 e. The van der Waals surface area contributed by atoms with Crippen molar-refractivity contribution in [2.45, 2.75) is 6.54 Å². The van der Waals surface area contributed by atoms with Gasteiger partial charge in [-0.3, -0.25) is 5.43 Å². The first-order valence-corrected chi connectivity index (χ1v) is 6.78. The van der Waals surface area contributed by atoms with E-state index >= 15 is 0 Å². The highest BCUT2D eigenvalue weighted by molar-refractivity contribution is 5.33. The Labute approximate surface area is 115 Å². The molecule has 0 bridgehead atoms. The summed E-state index contributed by atoms with van der Waals surface area (Å²) in [5.41, 5.74) is 4.66. The van der Waals surface area contributed by atoms with Crippen LogP contribution < -0.4 is 10.2 Å². The first kappa shape index (κ1) is 14.1. The van der Waals surface area contributed by atoms with Crippen LogP contribution in [0.3, 0.4) is 0 Å². The third-order valence-corrected chi connectivity index (χ3v) is 3.33. The van der Waals surface area contributed by atoms with Gasteiger partial charge in [-0.25, -0.2) is 5.01 Å². The molecule has 1 heterocycles. The number of hydrazine groups is 1. The summed E-state index contributed by atoms with van der Waals surface area (Å²) in [5.74, 6) is 0.934. The zero-order chi connectivity index (χ0) is 13.5. The zero-order valence-corrected chi connectivity index (χ0v) is 11.6. The van der Waals surface area contributed by atoms with E-state index in [2.05, 4.69) is 35.0 Å². The molecule has 1 aromatic carbocycles. The Morgan fingerprint density at radius 3 is 2.74 bits per heavy atom. The molecule has 4 heteroatoms. The zero-order valence-electron chi connectivity index (χ0n) is 11.6. The number of rotatable bonds is 6. The molecule has 0 unspecified atom stereocenters. The van der Waals surface area contributed by atoms with Crippen LogP contribution >= 0.6 is 0 Å². The fourth-order valence-electron chi connectivity index (χ4n) is 2.10. The second-order valence-electron chi connectivity index (χ2n) is 4.83. The van der Waals surface area contributed by atoms with E-state index in [1.807, 2.05) is 18.2 Å². The van der Waals surface area contributed by atoms with Gasteiger partial charge in [0.25, 0.3) is 0 Å². The summed E-state index contributed by atoms with van der Waals surface area (Å²) in [4.78, 5) is 2.35. The smallest absolute Gasteiger partial charge is 0.124 e. The minimum absolute atomic E-state index is 0.547. The summed E-state index contributed by atoms with van der Waals surface area (Å²) in [6, 6.07) is 8.14. The van der Waals surface area contributed by atoms with Crippen LogP contribution in [-0.2, 0) is 6.54 Å². The SMILES string of the molecule is C=CCOc1ccccc1CNN1CCN(C)CC1. The van der Waals surface area contributed by atoms with Gasteiger partial charge < -0.3 is 9.64 Å². The van der Waals surface area contributed by atoms with Gasteiger partial charge in [0.2, 0.25) is 0 Å². The molecular weight excluding hydrogens is 238 g/mol. The van der Waals surface area contributed by atoms with E-state index in [1.165, 1.54) is 5.56 Å². The molecule has 1 N–H and O–H groups in total. The quantitative estimate of drug-likeness (QED) is 0.786. The molecule has 104 valence electrons. The molecule has 0 amide bonds. The molecule has 19 heavy (non-hydrogen) atoms. The first-order valence-electron chi connectivity index (χ1n) is 6.78. The Morgan fingerprint density at radius 1 is 1.26 bits per heavy atom. The number of likely N-dealkylation sites (N-methyl/N-ethyl adjacent to an activating group) is 1. The molecule has 1 aliphatic heterocycles. The second-order valence-corrected chi connectivity index (χ2v) is 4.83. The fourth-order valence-corrected chi connectivity index (χ4v) is 2.10. The van der Waals surface area contributed by atoms with Crippen molar-refractivity contribution < 1.29 is 4.74 Å². The normalized spacial score (nSPS) is 17.3. The van der Waals surface area contributed by atoms with Gasteiger partial charge in [0.1, 0.15) is 12.4 Å². The first-order chi connectivity index (χ1) is 9.29. The van der Waals surface area contributed by atoms with E-state index in [0.717, 1.165) is 38.5 Å². The molecule has 1 saturated heterocycles. The van der Waals surface area contributed by atoms with Crippen molar-refractivity contribution in [2.24, 2.45) is 0 Å². The molecule has 1 aliphatic rings. The van der Waals surface area contributed by atoms with Gasteiger partial charge in [0.15, 0.2) is 0 Å². The Hall–Kier alpha value is -1.36. The van der Waals surface area contributed by atoms with Crippen molar-refractivity contribution in [1.29, 1.82) is 0 Å². The van der Waals surface area contributed by atoms with Crippen LogP contribution in [0.1, 0.15) is 5.56 Å². The fraction of sp³-hybridized carbons (Fsp3) is 0.467. The molecule has 0 spiro atoms. The van der Waals surface area contributed by atoms with Crippen LogP contribution in [0.2, 0.25) is 0 Å². The van der Waals surface area contributed by atoms with Gasteiger partial charge in [-0.2, -0.15) is 0 Å². The Kier molecular flexibility index (Phi) is 5.39. The summed E-state index contributed by atoms with van der Waals surface area (Å²) >= 11 is 0. The third-order valence-electron chi connectivity index (χ3n) is 3.33. The van der Waals surface area contributed by atoms with Crippen LogP contribution in [0.5, 0.6) is 5.75 Å². The van der Waals surface area contributed by atoms with Gasteiger partial charge in [-0.05, 0) is 13.1 Å². The number of para-hydroxylation sites is 1. The Morgan fingerprint density at radius 2 is 2.00 bits per heavy atom. The van der Waals surface area contributed by atoms with Crippen molar-refractivity contribution in [3.8, 4) is 5.75 Å². The summed E-state index contributed by atoms with van der Waals surface area (Å²) in [6.45, 7) is 9.38. The van der Waals surface area contributed by atoms with Crippen LogP contribution in [0, 0.1) is 0 Å². The lowest BCUT2D eigenvalue weighted by Crippen LogP contribution is -2.50. The molecule has 0 aromatic heterocycles. The lowest BCUT2D eigenvalue weighted by Gasteiger charge is -2.32. The maximum absolute atomic E-state index is 5.66. The van der Waals surface area contributed by atoms with E-state index in [9.17, 15) is 0 Å². The highest BCUT2D eigenvalue weighted by Gasteiger charge is 2.13. The Balaban J connectivity index is 1.86. The van der Waals surface area contributed by atoms with Crippen LogP contribution in [0.15, 0.2) is 36.9 Å². The molecule has 1 aromatic rings. The van der Waals surface area contributed by atoms with Gasteiger partial charge in [-0.1, -0.05) is 30.9 Å². The van der Waals surface area contributed by atoms with Crippen LogP contribution in [-0.4, -0.2) is 49.7 Å². The van der Waals surface area contributed by atoms with E-state index in [-0.39, 0.29) is 0 Å². The van der Waals surface area contributed by atoms with Crippen LogP contribution in [0.4, 0.5) is 0 Å². The van der Waals surface area contributed by atoms with Crippen molar-refractivity contribution in [2.75, 3.05) is 39.8 Å². The van der Waals surface area contributed by atoms with Gasteiger partial charge in [0.05, 0.1) is 0 Å². The Bertz CT molecular complexity index is 400. The number of nitrogens with zero attached hydrogens (tertiary/aromatic N) is 2. The topological polar surface area (TPSA) is 27.7 Å². The van der Waals surface area contributed by atoms with Crippen molar-refractivity contribution >= 4 is 0 Å². The lowest BCUT2D eigenvalue weighted by molar-refractivity contribution is 0.102. The predicted octanol–water partition coefficient (Wildman–Crippen LogP) is 1.50. The second kappa shape index (κ2) is 7.28. The summed E-state index contributed by atoms with van der Waals surface area (Å²) < 4.78 is 5.66. The van der Waals surface area contributed by atoms with Gasteiger partial charge in [-0.15, -0.1) is 0 Å². The summed E-state index contributed by atoms with van der Waals surface area (Å²) in [5, 5.41) is 2.28.